The first-order chi connectivity index (χ1) is 17.5. The van der Waals surface area contributed by atoms with Gasteiger partial charge in [-0.05, 0) is 6.42 Å². The summed E-state index contributed by atoms with van der Waals surface area (Å²) in [6, 6.07) is 0. The molecule has 1 unspecified atom stereocenters. The summed E-state index contributed by atoms with van der Waals surface area (Å²) in [4.78, 5) is 23.9. The number of esters is 1. The van der Waals surface area contributed by atoms with Gasteiger partial charge in [0.1, 0.15) is 19.3 Å². The van der Waals surface area contributed by atoms with Crippen LogP contribution in [-0.2, 0) is 27.9 Å². The zero-order valence-corrected chi connectivity index (χ0v) is 25.3. The van der Waals surface area contributed by atoms with E-state index in [4.69, 9.17) is 18.5 Å². The molecule has 0 aromatic rings. The van der Waals surface area contributed by atoms with Crippen molar-refractivity contribution in [3.8, 4) is 0 Å². The number of ether oxygens (including phenoxy) is 2. The predicted molar refractivity (Wildman–Crippen MR) is 146 cm³/mol. The number of quaternary nitrogens is 1. The lowest BCUT2D eigenvalue weighted by Gasteiger charge is -2.30. The minimum Gasteiger partial charge on any atom is -0.756 e. The summed E-state index contributed by atoms with van der Waals surface area (Å²) < 4.78 is 34.3. The highest BCUT2D eigenvalue weighted by molar-refractivity contribution is 7.45. The minimum absolute atomic E-state index is 0.0264. The van der Waals surface area contributed by atoms with Gasteiger partial charge in [-0.3, -0.25) is 9.36 Å². The average molecular weight is 550 g/mol. The second-order valence-electron chi connectivity index (χ2n) is 11.6. The molecule has 0 aromatic heterocycles. The molecule has 1 saturated heterocycles. The highest BCUT2D eigenvalue weighted by Crippen LogP contribution is 2.43. The molecule has 0 bridgehead atoms. The van der Waals surface area contributed by atoms with Crippen molar-refractivity contribution in [2.24, 2.45) is 0 Å². The number of hydrogen-bond donors (Lipinski definition) is 0. The Morgan fingerprint density at radius 2 is 1.38 bits per heavy atom. The summed E-state index contributed by atoms with van der Waals surface area (Å²) in [6.45, 7) is 4.19. The third kappa shape index (κ3) is 18.4. The Labute approximate surface area is 227 Å². The zero-order valence-electron chi connectivity index (χ0n) is 24.4. The van der Waals surface area contributed by atoms with Crippen LogP contribution in [0.25, 0.3) is 0 Å². The topological polar surface area (TPSA) is 94.1 Å². The first kappa shape index (κ1) is 34.5. The first-order valence-electron chi connectivity index (χ1n) is 14.8. The number of hydrogen-bond acceptors (Lipinski definition) is 7. The van der Waals surface area contributed by atoms with Crippen LogP contribution in [0.5, 0.6) is 0 Å². The van der Waals surface area contributed by atoms with Crippen LogP contribution in [0.2, 0.25) is 0 Å². The Hall–Kier alpha value is -0.500. The maximum absolute atomic E-state index is 12.3. The quantitative estimate of drug-likeness (QED) is 0.0652. The molecule has 0 aliphatic carbocycles. The summed E-state index contributed by atoms with van der Waals surface area (Å²) >= 11 is 0. The molecule has 0 spiro atoms. The highest BCUT2D eigenvalue weighted by Gasteiger charge is 2.42. The molecular weight excluding hydrogens is 493 g/mol. The average Bonchev–Trinajstić information content (AvgIpc) is 3.15. The number of phosphoric acid groups is 1. The normalized spacial score (nSPS) is 21.7. The Morgan fingerprint density at radius 3 is 1.84 bits per heavy atom. The molecule has 1 aliphatic rings. The molecule has 9 heteroatoms. The van der Waals surface area contributed by atoms with Crippen LogP contribution in [0.4, 0.5) is 0 Å². The molecule has 0 saturated carbocycles. The van der Waals surface area contributed by atoms with E-state index in [1.807, 2.05) is 21.1 Å². The van der Waals surface area contributed by atoms with Crippen LogP contribution in [-0.4, -0.2) is 69.7 Å². The SMILES string of the molecule is CCCCCCCCCCCCCCCCC[C@H]1OC[C@@H](OP(=O)([O-])OCC[N+](C)(C)C)[C@@H]1OC(C)=O. The molecule has 8 nitrogen and oxygen atoms in total. The van der Waals surface area contributed by atoms with Crippen molar-refractivity contribution in [3.05, 3.63) is 0 Å². The third-order valence-electron chi connectivity index (χ3n) is 6.88. The molecule has 0 aromatic carbocycles. The number of carbonyl (C=O) groups excluding carboxylic acids is 1. The van der Waals surface area contributed by atoms with Crippen molar-refractivity contribution >= 4 is 13.8 Å². The van der Waals surface area contributed by atoms with E-state index in [1.165, 1.54) is 90.4 Å². The van der Waals surface area contributed by atoms with Crippen LogP contribution >= 0.6 is 7.82 Å². The molecule has 1 aliphatic heterocycles. The lowest BCUT2D eigenvalue weighted by Crippen LogP contribution is -2.38. The van der Waals surface area contributed by atoms with Crippen molar-refractivity contribution in [1.29, 1.82) is 0 Å². The van der Waals surface area contributed by atoms with Gasteiger partial charge in [0, 0.05) is 6.92 Å². The van der Waals surface area contributed by atoms with Crippen molar-refractivity contribution in [3.63, 3.8) is 0 Å². The molecule has 220 valence electrons. The summed E-state index contributed by atoms with van der Waals surface area (Å²) in [5, 5.41) is 0. The molecule has 1 fully saturated rings. The Balaban J connectivity index is 2.19. The molecule has 4 atom stereocenters. The lowest BCUT2D eigenvalue weighted by atomic mass is 10.0. The van der Waals surface area contributed by atoms with Crippen molar-refractivity contribution < 1.29 is 37.3 Å². The molecule has 1 heterocycles. The molecule has 0 N–H and O–H groups in total. The summed E-state index contributed by atoms with van der Waals surface area (Å²) in [6.07, 6.45) is 18.2. The second-order valence-corrected chi connectivity index (χ2v) is 13.0. The number of phosphoric ester groups is 1. The van der Waals surface area contributed by atoms with E-state index >= 15 is 0 Å². The van der Waals surface area contributed by atoms with Gasteiger partial charge in [-0.25, -0.2) is 0 Å². The van der Waals surface area contributed by atoms with E-state index in [2.05, 4.69) is 6.92 Å². The van der Waals surface area contributed by atoms with Crippen molar-refractivity contribution in [2.45, 2.75) is 135 Å². The zero-order chi connectivity index (χ0) is 27.6. The monoisotopic (exact) mass is 549 g/mol. The van der Waals surface area contributed by atoms with Crippen LogP contribution in [0.3, 0.4) is 0 Å². The van der Waals surface area contributed by atoms with Gasteiger partial charge in [-0.15, -0.1) is 0 Å². The van der Waals surface area contributed by atoms with E-state index < -0.39 is 26.0 Å². The highest BCUT2D eigenvalue weighted by atomic mass is 31.2. The lowest BCUT2D eigenvalue weighted by molar-refractivity contribution is -0.870. The van der Waals surface area contributed by atoms with Crippen molar-refractivity contribution in [2.75, 3.05) is 40.9 Å². The maximum Gasteiger partial charge on any atom is 0.303 e. The fourth-order valence-electron chi connectivity index (χ4n) is 4.67. The minimum atomic E-state index is -4.53. The third-order valence-corrected chi connectivity index (χ3v) is 7.91. The smallest absolute Gasteiger partial charge is 0.303 e. The summed E-state index contributed by atoms with van der Waals surface area (Å²) in [7, 11) is 1.32. The van der Waals surface area contributed by atoms with Gasteiger partial charge in [-0.2, -0.15) is 0 Å². The Bertz CT molecular complexity index is 641. The fourth-order valence-corrected chi connectivity index (χ4v) is 5.55. The fraction of sp³-hybridized carbons (Fsp3) is 0.964. The van der Waals surface area contributed by atoms with Gasteiger partial charge >= 0.3 is 5.97 Å². The Morgan fingerprint density at radius 1 is 0.892 bits per heavy atom. The van der Waals surface area contributed by atoms with Crippen LogP contribution in [0.1, 0.15) is 117 Å². The molecule has 0 amide bonds. The van der Waals surface area contributed by atoms with Gasteiger partial charge in [0.25, 0.3) is 7.82 Å². The van der Waals surface area contributed by atoms with E-state index in [1.54, 1.807) is 0 Å². The van der Waals surface area contributed by atoms with E-state index in [-0.39, 0.29) is 19.3 Å². The largest absolute Gasteiger partial charge is 0.756 e. The second kappa shape index (κ2) is 19.5. The predicted octanol–water partition coefficient (Wildman–Crippen LogP) is 6.15. The standard InChI is InChI=1S/C28H56NO7P/c1-6-7-8-9-10-11-12-13-14-15-16-17-18-19-20-21-26-28(35-25(2)30)27(24-33-26)36-37(31,32)34-23-22-29(3,4)5/h26-28H,6-24H2,1-5H3/t26-,27-,28-/m1/s1. The summed E-state index contributed by atoms with van der Waals surface area (Å²) in [5.41, 5.74) is 0. The van der Waals surface area contributed by atoms with Crippen LogP contribution < -0.4 is 4.89 Å². The van der Waals surface area contributed by atoms with Gasteiger partial charge < -0.3 is 27.9 Å². The number of nitrogens with zero attached hydrogens (tertiary/aromatic N) is 1. The number of unbranched alkanes of at least 4 members (excludes halogenated alkanes) is 14. The molecule has 0 radical (unpaired) electrons. The first-order valence-corrected chi connectivity index (χ1v) is 16.2. The van der Waals surface area contributed by atoms with Crippen molar-refractivity contribution in [1.82, 2.24) is 0 Å². The van der Waals surface area contributed by atoms with Gasteiger partial charge in [0.2, 0.25) is 0 Å². The van der Waals surface area contributed by atoms with E-state index in [0.717, 1.165) is 12.8 Å². The maximum atomic E-state index is 12.3. The van der Waals surface area contributed by atoms with Crippen LogP contribution in [0, 0.1) is 0 Å². The van der Waals surface area contributed by atoms with Gasteiger partial charge in [0.05, 0.1) is 33.9 Å². The number of rotatable bonds is 23. The number of carbonyl (C=O) groups is 1. The van der Waals surface area contributed by atoms with Gasteiger partial charge in [-0.1, -0.05) is 103 Å². The van der Waals surface area contributed by atoms with Crippen LogP contribution in [0.15, 0.2) is 0 Å². The molecule has 37 heavy (non-hydrogen) atoms. The molecular formula is C28H56NO7P. The summed E-state index contributed by atoms with van der Waals surface area (Å²) in [5.74, 6) is -0.475. The van der Waals surface area contributed by atoms with E-state index in [9.17, 15) is 14.3 Å². The molecule has 1 rings (SSSR count). The van der Waals surface area contributed by atoms with E-state index in [0.29, 0.717) is 17.4 Å². The van der Waals surface area contributed by atoms with Gasteiger partial charge in [0.15, 0.2) is 6.10 Å². The Kier molecular flexibility index (Phi) is 18.2. The number of likely N-dealkylation sites (N-methyl/N-ethyl adjacent to an activating group) is 1.